The van der Waals surface area contributed by atoms with E-state index in [1.807, 2.05) is 6.92 Å². The third kappa shape index (κ3) is 1.48. The van der Waals surface area contributed by atoms with E-state index >= 15 is 0 Å². The summed E-state index contributed by atoms with van der Waals surface area (Å²) in [6, 6.07) is 2.12. The number of hydrogen-bond acceptors (Lipinski definition) is 4. The number of aryl methyl sites for hydroxylation is 3. The Hall–Kier alpha value is -1.49. The molecular formula is C11H11N3OS. The van der Waals surface area contributed by atoms with E-state index in [1.165, 1.54) is 17.7 Å². The van der Waals surface area contributed by atoms with Crippen molar-refractivity contribution in [3.8, 4) is 11.5 Å². The molecule has 0 radical (unpaired) electrons. The Morgan fingerprint density at radius 3 is 3.06 bits per heavy atom. The zero-order chi connectivity index (χ0) is 11.1. The van der Waals surface area contributed by atoms with E-state index in [9.17, 15) is 0 Å². The van der Waals surface area contributed by atoms with E-state index in [-0.39, 0.29) is 0 Å². The Labute approximate surface area is 97.7 Å². The maximum absolute atomic E-state index is 5.32. The van der Waals surface area contributed by atoms with Gasteiger partial charge >= 0.3 is 0 Å². The van der Waals surface area contributed by atoms with Crippen molar-refractivity contribution < 1.29 is 4.42 Å². The van der Waals surface area contributed by atoms with E-state index in [0.29, 0.717) is 10.7 Å². The van der Waals surface area contributed by atoms with Crippen molar-refractivity contribution in [1.82, 2.24) is 15.2 Å². The van der Waals surface area contributed by atoms with Crippen molar-refractivity contribution >= 4 is 12.2 Å². The van der Waals surface area contributed by atoms with Gasteiger partial charge in [-0.1, -0.05) is 0 Å². The molecule has 4 nitrogen and oxygen atoms in total. The van der Waals surface area contributed by atoms with E-state index < -0.39 is 0 Å². The zero-order valence-corrected chi connectivity index (χ0v) is 9.73. The van der Waals surface area contributed by atoms with Gasteiger partial charge in [-0.3, -0.25) is 4.98 Å². The van der Waals surface area contributed by atoms with Gasteiger partial charge in [0.2, 0.25) is 5.89 Å². The van der Waals surface area contributed by atoms with E-state index in [2.05, 4.69) is 21.2 Å². The van der Waals surface area contributed by atoms with Crippen LogP contribution in [0.15, 0.2) is 10.5 Å². The van der Waals surface area contributed by atoms with Gasteiger partial charge in [-0.2, -0.15) is 0 Å². The number of pyridine rings is 1. The van der Waals surface area contributed by atoms with Crippen LogP contribution in [0.5, 0.6) is 0 Å². The average molecular weight is 233 g/mol. The number of nitrogens with zero attached hydrogens (tertiary/aromatic N) is 2. The fourth-order valence-corrected chi connectivity index (χ4v) is 2.26. The van der Waals surface area contributed by atoms with Crippen molar-refractivity contribution in [3.63, 3.8) is 0 Å². The van der Waals surface area contributed by atoms with Crippen molar-refractivity contribution in [2.75, 3.05) is 0 Å². The Kier molecular flexibility index (Phi) is 2.14. The number of hydrogen-bond donors (Lipinski definition) is 1. The highest BCUT2D eigenvalue weighted by Gasteiger charge is 2.17. The normalized spacial score (nSPS) is 14.1. The number of fused-ring (bicyclic) bond motifs is 1. The van der Waals surface area contributed by atoms with E-state index in [0.717, 1.165) is 24.1 Å². The predicted octanol–water partition coefficient (Wildman–Crippen LogP) is 2.59. The van der Waals surface area contributed by atoms with Crippen LogP contribution in [0.3, 0.4) is 0 Å². The van der Waals surface area contributed by atoms with Crippen molar-refractivity contribution in [1.29, 1.82) is 0 Å². The molecule has 0 aliphatic heterocycles. The van der Waals surface area contributed by atoms with Crippen LogP contribution in [0, 0.1) is 11.8 Å². The molecule has 0 saturated carbocycles. The molecule has 0 amide bonds. The number of aromatic amines is 1. The number of H-pyrrole nitrogens is 1. The third-order valence-electron chi connectivity index (χ3n) is 2.91. The first-order valence-electron chi connectivity index (χ1n) is 5.29. The Morgan fingerprint density at radius 1 is 1.44 bits per heavy atom. The number of aromatic nitrogens is 3. The number of rotatable bonds is 1. The summed E-state index contributed by atoms with van der Waals surface area (Å²) < 4.78 is 5.32. The second-order valence-corrected chi connectivity index (χ2v) is 4.37. The van der Waals surface area contributed by atoms with Gasteiger partial charge in [0, 0.05) is 5.69 Å². The average Bonchev–Trinajstić information content (AvgIpc) is 2.84. The molecule has 0 bridgehead atoms. The van der Waals surface area contributed by atoms with Crippen LogP contribution in [0.1, 0.15) is 23.4 Å². The molecule has 1 aliphatic rings. The largest absolute Gasteiger partial charge is 0.409 e. The molecule has 0 aromatic carbocycles. The highest BCUT2D eigenvalue weighted by Crippen LogP contribution is 2.27. The maximum Gasteiger partial charge on any atom is 0.284 e. The van der Waals surface area contributed by atoms with Crippen LogP contribution in [-0.4, -0.2) is 15.2 Å². The molecule has 1 N–H and O–H groups in total. The summed E-state index contributed by atoms with van der Waals surface area (Å²) in [5, 5.41) is 6.67. The summed E-state index contributed by atoms with van der Waals surface area (Å²) in [7, 11) is 0. The summed E-state index contributed by atoms with van der Waals surface area (Å²) >= 11 is 4.87. The summed E-state index contributed by atoms with van der Waals surface area (Å²) in [5.41, 5.74) is 4.42. The maximum atomic E-state index is 5.32. The molecule has 82 valence electrons. The van der Waals surface area contributed by atoms with E-state index in [4.69, 9.17) is 16.6 Å². The van der Waals surface area contributed by atoms with Crippen LogP contribution in [0.25, 0.3) is 11.5 Å². The zero-order valence-electron chi connectivity index (χ0n) is 8.91. The summed E-state index contributed by atoms with van der Waals surface area (Å²) in [6.07, 6.45) is 3.37. The third-order valence-corrected chi connectivity index (χ3v) is 3.08. The molecule has 0 atom stereocenters. The molecule has 0 fully saturated rings. The minimum atomic E-state index is 0.301. The highest BCUT2D eigenvalue weighted by atomic mass is 32.1. The molecule has 2 aromatic rings. The predicted molar refractivity (Wildman–Crippen MR) is 61.7 cm³/mol. The second kappa shape index (κ2) is 3.52. The first-order valence-corrected chi connectivity index (χ1v) is 5.70. The fourth-order valence-electron chi connectivity index (χ4n) is 2.14. The summed E-state index contributed by atoms with van der Waals surface area (Å²) in [4.78, 5) is 4.89. The van der Waals surface area contributed by atoms with Crippen LogP contribution in [0.4, 0.5) is 0 Å². The van der Waals surface area contributed by atoms with Crippen LogP contribution >= 0.6 is 12.2 Å². The fraction of sp³-hybridized carbons (Fsp3) is 0.364. The lowest BCUT2D eigenvalue weighted by atomic mass is 10.1. The lowest BCUT2D eigenvalue weighted by molar-refractivity contribution is 0.551. The minimum absolute atomic E-state index is 0.301. The molecule has 0 saturated heterocycles. The van der Waals surface area contributed by atoms with Gasteiger partial charge < -0.3 is 4.42 Å². The van der Waals surface area contributed by atoms with Gasteiger partial charge in [-0.25, -0.2) is 5.10 Å². The molecule has 2 aromatic heterocycles. The molecule has 5 heteroatoms. The quantitative estimate of drug-likeness (QED) is 0.769. The smallest absolute Gasteiger partial charge is 0.284 e. The molecule has 0 unspecified atom stereocenters. The Bertz CT molecular complexity index is 600. The topological polar surface area (TPSA) is 54.7 Å². The summed E-state index contributed by atoms with van der Waals surface area (Å²) in [5.74, 6) is 0.532. The first-order chi connectivity index (χ1) is 7.74. The molecule has 0 spiro atoms. The molecule has 3 rings (SSSR count). The van der Waals surface area contributed by atoms with Crippen LogP contribution in [0.2, 0.25) is 0 Å². The molecular weight excluding hydrogens is 222 g/mol. The van der Waals surface area contributed by atoms with Crippen molar-refractivity contribution in [2.24, 2.45) is 0 Å². The molecule has 2 heterocycles. The standard InChI is InChI=1S/C11H11N3OS/c1-6-8(10-13-14-11(16)15-10)5-7-3-2-4-9(7)12-6/h5H,2-4H2,1H3,(H,14,16). The first kappa shape index (κ1) is 9.72. The molecule has 1 aliphatic carbocycles. The SMILES string of the molecule is Cc1nc2c(cc1-c1n[nH]c(=S)o1)CCC2. The highest BCUT2D eigenvalue weighted by molar-refractivity contribution is 7.71. The van der Waals surface area contributed by atoms with Gasteiger partial charge in [0.1, 0.15) is 0 Å². The van der Waals surface area contributed by atoms with Crippen LogP contribution in [-0.2, 0) is 12.8 Å². The Morgan fingerprint density at radius 2 is 2.31 bits per heavy atom. The van der Waals surface area contributed by atoms with Gasteiger partial charge in [0.05, 0.1) is 11.3 Å². The van der Waals surface area contributed by atoms with Gasteiger partial charge in [0.15, 0.2) is 0 Å². The summed E-state index contributed by atoms with van der Waals surface area (Å²) in [6.45, 7) is 1.97. The van der Waals surface area contributed by atoms with Crippen LogP contribution < -0.4 is 0 Å². The number of nitrogens with one attached hydrogen (secondary N) is 1. The lowest BCUT2D eigenvalue weighted by Gasteiger charge is -2.04. The Balaban J connectivity index is 2.18. The van der Waals surface area contributed by atoms with Crippen molar-refractivity contribution in [2.45, 2.75) is 26.2 Å². The second-order valence-electron chi connectivity index (χ2n) is 4.00. The van der Waals surface area contributed by atoms with E-state index in [1.54, 1.807) is 0 Å². The van der Waals surface area contributed by atoms with Crippen molar-refractivity contribution in [3.05, 3.63) is 27.9 Å². The minimum Gasteiger partial charge on any atom is -0.409 e. The van der Waals surface area contributed by atoms with Gasteiger partial charge in [0.25, 0.3) is 4.84 Å². The van der Waals surface area contributed by atoms with Gasteiger partial charge in [-0.15, -0.1) is 5.10 Å². The monoisotopic (exact) mass is 233 g/mol. The molecule has 16 heavy (non-hydrogen) atoms. The lowest BCUT2D eigenvalue weighted by Crippen LogP contribution is -1.95. The van der Waals surface area contributed by atoms with Gasteiger partial charge in [-0.05, 0) is 50.0 Å².